The summed E-state index contributed by atoms with van der Waals surface area (Å²) in [6, 6.07) is 10.5. The van der Waals surface area contributed by atoms with Gasteiger partial charge < -0.3 is 15.3 Å². The zero-order valence-electron chi connectivity index (χ0n) is 13.7. The molecule has 122 valence electrons. The van der Waals surface area contributed by atoms with Gasteiger partial charge in [0.05, 0.1) is 6.04 Å². The minimum Gasteiger partial charge on any atom is -0.396 e. The topological polar surface area (TPSA) is 52.6 Å². The molecule has 0 radical (unpaired) electrons. The van der Waals surface area contributed by atoms with E-state index < -0.39 is 0 Å². The highest BCUT2D eigenvalue weighted by Gasteiger charge is 2.29. The van der Waals surface area contributed by atoms with E-state index in [0.29, 0.717) is 6.54 Å². The molecule has 1 saturated heterocycles. The molecule has 1 aliphatic rings. The first-order valence-electron chi connectivity index (χ1n) is 8.24. The van der Waals surface area contributed by atoms with E-state index in [4.69, 9.17) is 0 Å². The van der Waals surface area contributed by atoms with Crippen LogP contribution in [0.25, 0.3) is 0 Å². The number of rotatable bonds is 6. The number of benzene rings is 1. The number of carbonyl (C=O) groups is 1. The van der Waals surface area contributed by atoms with Crippen LogP contribution >= 0.6 is 0 Å². The smallest absolute Gasteiger partial charge is 0.317 e. The predicted octanol–water partition coefficient (Wildman–Crippen LogP) is 3.33. The highest BCUT2D eigenvalue weighted by atomic mass is 16.3. The molecule has 0 bridgehead atoms. The number of aliphatic hydroxyl groups excluding tert-OH is 1. The number of aliphatic hydroxyl groups is 1. The van der Waals surface area contributed by atoms with E-state index in [1.807, 2.05) is 36.9 Å². The number of nitrogens with zero attached hydrogens (tertiary/aromatic N) is 1. The Kier molecular flexibility index (Phi) is 5.83. The summed E-state index contributed by atoms with van der Waals surface area (Å²) in [5, 5.41) is 12.3. The Balaban J connectivity index is 1.82. The van der Waals surface area contributed by atoms with Gasteiger partial charge in [-0.05, 0) is 36.7 Å². The van der Waals surface area contributed by atoms with Crippen LogP contribution in [0.1, 0.15) is 51.1 Å². The highest BCUT2D eigenvalue weighted by molar-refractivity contribution is 5.75. The molecule has 1 fully saturated rings. The molecule has 2 N–H and O–H groups in total. The Labute approximate surface area is 133 Å². The van der Waals surface area contributed by atoms with Crippen LogP contribution in [-0.4, -0.2) is 35.7 Å². The van der Waals surface area contributed by atoms with Gasteiger partial charge in [0, 0.05) is 19.7 Å². The van der Waals surface area contributed by atoms with Gasteiger partial charge in [0.25, 0.3) is 0 Å². The summed E-state index contributed by atoms with van der Waals surface area (Å²) in [5.74, 6) is 0. The second-order valence-corrected chi connectivity index (χ2v) is 6.92. The quantitative estimate of drug-likeness (QED) is 0.792. The third-order valence-corrected chi connectivity index (χ3v) is 4.43. The van der Waals surface area contributed by atoms with Gasteiger partial charge in [-0.2, -0.15) is 0 Å². The fourth-order valence-electron chi connectivity index (χ4n) is 2.97. The average molecular weight is 304 g/mol. The van der Waals surface area contributed by atoms with Gasteiger partial charge in [-0.3, -0.25) is 0 Å². The molecule has 1 unspecified atom stereocenters. The molecule has 0 saturated carbocycles. The summed E-state index contributed by atoms with van der Waals surface area (Å²) in [6.45, 7) is 5.76. The lowest BCUT2D eigenvalue weighted by Crippen LogP contribution is -2.40. The third kappa shape index (κ3) is 4.47. The first-order chi connectivity index (χ1) is 10.5. The maximum absolute atomic E-state index is 12.4. The minimum atomic E-state index is -0.0645. The Bertz CT molecular complexity index is 473. The third-order valence-electron chi connectivity index (χ3n) is 4.43. The lowest BCUT2D eigenvalue weighted by molar-refractivity contribution is 0.147. The number of urea groups is 1. The van der Waals surface area contributed by atoms with Crippen molar-refractivity contribution < 1.29 is 9.90 Å². The first-order valence-corrected chi connectivity index (χ1v) is 8.24. The number of nitrogens with one attached hydrogen (secondary N) is 1. The van der Waals surface area contributed by atoms with Crippen molar-refractivity contribution in [3.63, 3.8) is 0 Å². The Morgan fingerprint density at radius 3 is 2.77 bits per heavy atom. The van der Waals surface area contributed by atoms with Crippen molar-refractivity contribution in [2.75, 3.05) is 19.7 Å². The molecule has 4 heteroatoms. The van der Waals surface area contributed by atoms with Crippen molar-refractivity contribution in [2.24, 2.45) is 5.41 Å². The summed E-state index contributed by atoms with van der Waals surface area (Å²) in [5.41, 5.74) is 1.15. The minimum absolute atomic E-state index is 0.0353. The van der Waals surface area contributed by atoms with Gasteiger partial charge in [-0.15, -0.1) is 0 Å². The monoisotopic (exact) mass is 304 g/mol. The van der Waals surface area contributed by atoms with Crippen molar-refractivity contribution in [1.82, 2.24) is 10.2 Å². The van der Waals surface area contributed by atoms with Gasteiger partial charge in [0.1, 0.15) is 0 Å². The summed E-state index contributed by atoms with van der Waals surface area (Å²) in [6.07, 6.45) is 3.90. The van der Waals surface area contributed by atoms with Gasteiger partial charge in [-0.25, -0.2) is 4.79 Å². The van der Waals surface area contributed by atoms with Crippen LogP contribution in [0.15, 0.2) is 30.3 Å². The second kappa shape index (κ2) is 7.63. The highest BCUT2D eigenvalue weighted by Crippen LogP contribution is 2.31. The van der Waals surface area contributed by atoms with Crippen LogP contribution in [-0.2, 0) is 0 Å². The van der Waals surface area contributed by atoms with E-state index in [-0.39, 0.29) is 24.1 Å². The molecule has 1 heterocycles. The lowest BCUT2D eigenvalue weighted by atomic mass is 9.89. The normalized spacial score (nSPS) is 18.5. The van der Waals surface area contributed by atoms with Gasteiger partial charge in [0.2, 0.25) is 0 Å². The number of likely N-dealkylation sites (tertiary alicyclic amines) is 1. The summed E-state index contributed by atoms with van der Waals surface area (Å²) < 4.78 is 0. The average Bonchev–Trinajstić information content (AvgIpc) is 3.02. The molecule has 1 aromatic rings. The SMILES string of the molecule is CC(C)(CO)CCCNC(=O)N1CCCC1c1ccccc1. The van der Waals surface area contributed by atoms with E-state index >= 15 is 0 Å². The summed E-state index contributed by atoms with van der Waals surface area (Å²) in [4.78, 5) is 14.3. The van der Waals surface area contributed by atoms with Crippen LogP contribution in [0.3, 0.4) is 0 Å². The largest absolute Gasteiger partial charge is 0.396 e. The Morgan fingerprint density at radius 2 is 2.09 bits per heavy atom. The zero-order valence-corrected chi connectivity index (χ0v) is 13.7. The van der Waals surface area contributed by atoms with Gasteiger partial charge in [0.15, 0.2) is 0 Å². The fourth-order valence-corrected chi connectivity index (χ4v) is 2.97. The van der Waals surface area contributed by atoms with Crippen molar-refractivity contribution in [3.8, 4) is 0 Å². The van der Waals surface area contributed by atoms with Crippen molar-refractivity contribution in [1.29, 1.82) is 0 Å². The maximum Gasteiger partial charge on any atom is 0.317 e. The van der Waals surface area contributed by atoms with Crippen LogP contribution in [0.2, 0.25) is 0 Å². The molecule has 0 spiro atoms. The fraction of sp³-hybridized carbons (Fsp3) is 0.611. The van der Waals surface area contributed by atoms with Gasteiger partial charge in [-0.1, -0.05) is 44.2 Å². The van der Waals surface area contributed by atoms with E-state index in [0.717, 1.165) is 32.2 Å². The van der Waals surface area contributed by atoms with Crippen LogP contribution in [0, 0.1) is 5.41 Å². The Morgan fingerprint density at radius 1 is 1.36 bits per heavy atom. The number of carbonyl (C=O) groups excluding carboxylic acids is 1. The number of amides is 2. The molecule has 1 aromatic carbocycles. The first kappa shape index (κ1) is 16.8. The van der Waals surface area contributed by atoms with E-state index in [2.05, 4.69) is 17.4 Å². The molecule has 0 aromatic heterocycles. The number of hydrogen-bond donors (Lipinski definition) is 2. The second-order valence-electron chi connectivity index (χ2n) is 6.92. The van der Waals surface area contributed by atoms with Crippen molar-refractivity contribution in [2.45, 2.75) is 45.6 Å². The molecule has 1 atom stereocenters. The molecule has 4 nitrogen and oxygen atoms in total. The molecular formula is C18H28N2O2. The summed E-state index contributed by atoms with van der Waals surface area (Å²) in [7, 11) is 0. The molecule has 2 amide bonds. The van der Waals surface area contributed by atoms with Crippen LogP contribution < -0.4 is 5.32 Å². The standard InChI is InChI=1S/C18H28N2O2/c1-18(2,14-21)11-7-12-19-17(22)20-13-6-10-16(20)15-8-4-3-5-9-15/h3-5,8-9,16,21H,6-7,10-14H2,1-2H3,(H,19,22). The molecule has 0 aliphatic carbocycles. The molecule has 1 aliphatic heterocycles. The zero-order chi connectivity index (χ0) is 16.0. The maximum atomic E-state index is 12.4. The van der Waals surface area contributed by atoms with Crippen LogP contribution in [0.4, 0.5) is 4.79 Å². The molecule has 2 rings (SSSR count). The number of hydrogen-bond acceptors (Lipinski definition) is 2. The predicted molar refractivity (Wildman–Crippen MR) is 88.6 cm³/mol. The van der Waals surface area contributed by atoms with Crippen LogP contribution in [0.5, 0.6) is 0 Å². The van der Waals surface area contributed by atoms with E-state index in [9.17, 15) is 9.90 Å². The lowest BCUT2D eigenvalue weighted by Gasteiger charge is -2.26. The van der Waals surface area contributed by atoms with E-state index in [1.165, 1.54) is 5.56 Å². The molecule has 22 heavy (non-hydrogen) atoms. The Hall–Kier alpha value is -1.55. The van der Waals surface area contributed by atoms with E-state index in [1.54, 1.807) is 0 Å². The summed E-state index contributed by atoms with van der Waals surface area (Å²) >= 11 is 0. The van der Waals surface area contributed by atoms with Crippen molar-refractivity contribution in [3.05, 3.63) is 35.9 Å². The van der Waals surface area contributed by atoms with Gasteiger partial charge >= 0.3 is 6.03 Å². The van der Waals surface area contributed by atoms with Crippen molar-refractivity contribution >= 4 is 6.03 Å². The molecular weight excluding hydrogens is 276 g/mol.